The molecule has 2 heterocycles. The quantitative estimate of drug-likeness (QED) is 0.208. The predicted molar refractivity (Wildman–Crippen MR) is 121 cm³/mol. The molecule has 1 aliphatic heterocycles. The second kappa shape index (κ2) is 8.66. The number of aryl methyl sites for hydroxylation is 2. The highest BCUT2D eigenvalue weighted by Crippen LogP contribution is 2.41. The lowest BCUT2D eigenvalue weighted by Gasteiger charge is -2.25. The number of nitro benzene ring substituents is 1. The molecule has 33 heavy (non-hydrogen) atoms. The Morgan fingerprint density at radius 1 is 1.12 bits per heavy atom. The van der Waals surface area contributed by atoms with Crippen molar-refractivity contribution in [2.75, 3.05) is 0 Å². The third-order valence-corrected chi connectivity index (χ3v) is 5.66. The van der Waals surface area contributed by atoms with Crippen molar-refractivity contribution in [2.24, 2.45) is 0 Å². The molecule has 0 saturated carbocycles. The number of pyridine rings is 1. The first-order valence-electron chi connectivity index (χ1n) is 10.3. The number of benzene rings is 2. The molecule has 8 nitrogen and oxygen atoms in total. The molecule has 166 valence electrons. The summed E-state index contributed by atoms with van der Waals surface area (Å²) < 4.78 is 0. The van der Waals surface area contributed by atoms with Gasteiger partial charge >= 0.3 is 0 Å². The van der Waals surface area contributed by atoms with Gasteiger partial charge in [0.1, 0.15) is 5.76 Å². The summed E-state index contributed by atoms with van der Waals surface area (Å²) in [4.78, 5) is 42.5. The molecule has 0 radical (unpaired) electrons. The van der Waals surface area contributed by atoms with Gasteiger partial charge in [-0.1, -0.05) is 35.9 Å². The maximum atomic E-state index is 13.2. The van der Waals surface area contributed by atoms with Gasteiger partial charge in [0.25, 0.3) is 17.4 Å². The van der Waals surface area contributed by atoms with Crippen LogP contribution in [0.1, 0.15) is 33.9 Å². The van der Waals surface area contributed by atoms with E-state index in [2.05, 4.69) is 4.98 Å². The van der Waals surface area contributed by atoms with Gasteiger partial charge in [0.05, 0.1) is 16.5 Å². The Kier molecular flexibility index (Phi) is 5.74. The summed E-state index contributed by atoms with van der Waals surface area (Å²) >= 11 is 0. The highest BCUT2D eigenvalue weighted by Gasteiger charge is 2.46. The maximum absolute atomic E-state index is 13.2. The lowest BCUT2D eigenvalue weighted by Crippen LogP contribution is -2.29. The Bertz CT molecular complexity index is 1300. The average Bonchev–Trinajstić information content (AvgIpc) is 3.06. The third-order valence-electron chi connectivity index (χ3n) is 5.66. The van der Waals surface area contributed by atoms with Crippen molar-refractivity contribution in [1.29, 1.82) is 0 Å². The Morgan fingerprint density at radius 3 is 2.61 bits per heavy atom. The average molecular weight is 443 g/mol. The Balaban J connectivity index is 1.93. The molecule has 0 spiro atoms. The Hall–Kier alpha value is -4.33. The van der Waals surface area contributed by atoms with Crippen molar-refractivity contribution >= 4 is 23.1 Å². The number of aliphatic hydroxyl groups is 1. The summed E-state index contributed by atoms with van der Waals surface area (Å²) in [7, 11) is 0. The van der Waals surface area contributed by atoms with E-state index in [0.717, 1.165) is 11.1 Å². The van der Waals surface area contributed by atoms with Crippen molar-refractivity contribution in [2.45, 2.75) is 26.4 Å². The van der Waals surface area contributed by atoms with Crippen LogP contribution in [0.5, 0.6) is 0 Å². The second-order valence-corrected chi connectivity index (χ2v) is 7.96. The molecule has 1 amide bonds. The van der Waals surface area contributed by atoms with Crippen LogP contribution in [0.4, 0.5) is 5.69 Å². The van der Waals surface area contributed by atoms with E-state index in [-0.39, 0.29) is 23.6 Å². The molecule has 1 saturated heterocycles. The molecule has 1 atom stereocenters. The van der Waals surface area contributed by atoms with Crippen LogP contribution in [-0.2, 0) is 16.1 Å². The van der Waals surface area contributed by atoms with E-state index in [9.17, 15) is 24.8 Å². The number of nitrogens with zero attached hydrogens (tertiary/aromatic N) is 3. The highest BCUT2D eigenvalue weighted by atomic mass is 16.6. The molecule has 1 unspecified atom stereocenters. The van der Waals surface area contributed by atoms with Crippen LogP contribution in [0.2, 0.25) is 0 Å². The van der Waals surface area contributed by atoms with Crippen molar-refractivity contribution < 1.29 is 19.6 Å². The molecule has 3 aromatic rings. The van der Waals surface area contributed by atoms with Gasteiger partial charge in [-0.2, -0.15) is 0 Å². The van der Waals surface area contributed by atoms with Crippen LogP contribution in [0.25, 0.3) is 5.76 Å². The minimum Gasteiger partial charge on any atom is -0.507 e. The summed E-state index contributed by atoms with van der Waals surface area (Å²) in [6.07, 6.45) is 3.17. The van der Waals surface area contributed by atoms with Gasteiger partial charge in [0.2, 0.25) is 0 Å². The molecule has 1 aromatic heterocycles. The SMILES string of the molecule is Cc1ccc(C)c(C(O)=C2C(=O)C(=O)N(Cc3cccnc3)C2c2cccc([N+](=O)[O-])c2)c1. The zero-order valence-electron chi connectivity index (χ0n) is 18.1. The van der Waals surface area contributed by atoms with E-state index in [1.54, 1.807) is 43.6 Å². The smallest absolute Gasteiger partial charge is 0.295 e. The number of Topliss-reactive ketones (excluding diaryl/α,β-unsaturated/α-hetero) is 1. The number of amides is 1. The lowest BCUT2D eigenvalue weighted by atomic mass is 9.93. The second-order valence-electron chi connectivity index (χ2n) is 7.96. The molecular formula is C25H21N3O5. The first-order chi connectivity index (χ1) is 15.8. The Labute approximate surface area is 190 Å². The number of rotatable bonds is 5. The van der Waals surface area contributed by atoms with Crippen LogP contribution in [0.3, 0.4) is 0 Å². The lowest BCUT2D eigenvalue weighted by molar-refractivity contribution is -0.384. The van der Waals surface area contributed by atoms with E-state index in [0.29, 0.717) is 16.7 Å². The summed E-state index contributed by atoms with van der Waals surface area (Å²) in [5.41, 5.74) is 2.81. The van der Waals surface area contributed by atoms with Gasteiger partial charge in [0.15, 0.2) is 0 Å². The molecule has 1 aliphatic rings. The number of nitro groups is 1. The number of carbonyl (C=O) groups is 2. The summed E-state index contributed by atoms with van der Waals surface area (Å²) in [5.74, 6) is -1.93. The van der Waals surface area contributed by atoms with Crippen LogP contribution >= 0.6 is 0 Å². The van der Waals surface area contributed by atoms with Crippen LogP contribution in [0.15, 0.2) is 72.6 Å². The minimum atomic E-state index is -0.995. The van der Waals surface area contributed by atoms with Gasteiger partial charge < -0.3 is 10.0 Å². The minimum absolute atomic E-state index is 0.0509. The van der Waals surface area contributed by atoms with Gasteiger partial charge in [-0.3, -0.25) is 24.7 Å². The fraction of sp³-hybridized carbons (Fsp3) is 0.160. The first kappa shape index (κ1) is 21.9. The number of hydrogen-bond donors (Lipinski definition) is 1. The zero-order chi connectivity index (χ0) is 23.7. The number of aliphatic hydroxyl groups excluding tert-OH is 1. The Morgan fingerprint density at radius 2 is 1.91 bits per heavy atom. The number of likely N-dealkylation sites (tertiary alicyclic amines) is 1. The standard InChI is InChI=1S/C25H21N3O5/c1-15-8-9-16(2)20(11-15)23(29)21-22(18-6-3-7-19(12-18)28(32)33)27(25(31)24(21)30)14-17-5-4-10-26-13-17/h3-13,22,29H,14H2,1-2H3. The molecule has 1 N–H and O–H groups in total. The number of non-ortho nitro benzene ring substituents is 1. The van der Waals surface area contributed by atoms with E-state index in [1.807, 2.05) is 19.1 Å². The number of ketones is 1. The highest BCUT2D eigenvalue weighted by molar-refractivity contribution is 6.46. The van der Waals surface area contributed by atoms with E-state index in [1.165, 1.54) is 23.1 Å². The first-order valence-corrected chi connectivity index (χ1v) is 10.3. The molecular weight excluding hydrogens is 422 g/mol. The summed E-state index contributed by atoms with van der Waals surface area (Å²) in [6, 6.07) is 13.7. The molecule has 8 heteroatoms. The maximum Gasteiger partial charge on any atom is 0.295 e. The number of aromatic nitrogens is 1. The van der Waals surface area contributed by atoms with Crippen molar-refractivity contribution in [3.8, 4) is 0 Å². The van der Waals surface area contributed by atoms with Gasteiger partial charge in [-0.15, -0.1) is 0 Å². The molecule has 4 rings (SSSR count). The molecule has 0 bridgehead atoms. The van der Waals surface area contributed by atoms with Crippen LogP contribution in [-0.4, -0.2) is 31.6 Å². The van der Waals surface area contributed by atoms with Gasteiger partial charge in [-0.05, 0) is 42.7 Å². The number of hydrogen-bond acceptors (Lipinski definition) is 6. The fourth-order valence-corrected chi connectivity index (χ4v) is 4.02. The van der Waals surface area contributed by atoms with Crippen LogP contribution < -0.4 is 0 Å². The summed E-state index contributed by atoms with van der Waals surface area (Å²) in [5, 5.41) is 22.6. The van der Waals surface area contributed by atoms with Gasteiger partial charge in [0, 0.05) is 36.6 Å². The topological polar surface area (TPSA) is 114 Å². The van der Waals surface area contributed by atoms with Crippen molar-refractivity contribution in [1.82, 2.24) is 9.88 Å². The predicted octanol–water partition coefficient (Wildman–Crippen LogP) is 4.23. The van der Waals surface area contributed by atoms with E-state index in [4.69, 9.17) is 0 Å². The normalized spacial score (nSPS) is 17.4. The van der Waals surface area contributed by atoms with E-state index < -0.39 is 22.7 Å². The third kappa shape index (κ3) is 4.10. The fourth-order valence-electron chi connectivity index (χ4n) is 4.02. The zero-order valence-corrected chi connectivity index (χ0v) is 18.1. The molecule has 0 aliphatic carbocycles. The monoisotopic (exact) mass is 443 g/mol. The summed E-state index contributed by atoms with van der Waals surface area (Å²) in [6.45, 7) is 3.70. The largest absolute Gasteiger partial charge is 0.507 e. The van der Waals surface area contributed by atoms with Gasteiger partial charge in [-0.25, -0.2) is 0 Å². The molecule has 2 aromatic carbocycles. The van der Waals surface area contributed by atoms with Crippen LogP contribution in [0, 0.1) is 24.0 Å². The molecule has 1 fully saturated rings. The van der Waals surface area contributed by atoms with Crippen molar-refractivity contribution in [3.63, 3.8) is 0 Å². The number of carbonyl (C=O) groups excluding carboxylic acids is 2. The van der Waals surface area contributed by atoms with Crippen molar-refractivity contribution in [3.05, 3.63) is 110 Å². The van der Waals surface area contributed by atoms with E-state index >= 15 is 0 Å².